The first kappa shape index (κ1) is 17.2. The average molecular weight is 329 g/mol. The minimum absolute atomic E-state index is 0.390. The predicted molar refractivity (Wildman–Crippen MR) is 102 cm³/mol. The Kier molecular flexibility index (Phi) is 5.41. The second-order valence-corrected chi connectivity index (χ2v) is 7.14. The number of nitrogens with one attached hydrogen (secondary N) is 2. The zero-order valence-electron chi connectivity index (χ0n) is 15.5. The highest BCUT2D eigenvalue weighted by Gasteiger charge is 2.14. The molecule has 2 aromatic rings. The second kappa shape index (κ2) is 7.53. The number of hydrogen-bond donors (Lipinski definition) is 2. The lowest BCUT2D eigenvalue weighted by atomic mass is 10.1. The molecule has 1 aliphatic heterocycles. The number of nitrogens with zero attached hydrogens (tertiary/aromatic N) is 3. The van der Waals surface area contributed by atoms with E-state index in [4.69, 9.17) is 4.98 Å². The molecule has 0 atom stereocenters. The fourth-order valence-corrected chi connectivity index (χ4v) is 3.65. The van der Waals surface area contributed by atoms with Crippen molar-refractivity contribution in [2.24, 2.45) is 0 Å². The van der Waals surface area contributed by atoms with Crippen molar-refractivity contribution in [2.75, 3.05) is 38.5 Å². The van der Waals surface area contributed by atoms with Crippen LogP contribution in [0.2, 0.25) is 0 Å². The maximum atomic E-state index is 4.76. The molecule has 0 aliphatic carbocycles. The largest absolute Gasteiger partial charge is 0.359 e. The van der Waals surface area contributed by atoms with Crippen molar-refractivity contribution in [1.82, 2.24) is 19.8 Å². The van der Waals surface area contributed by atoms with E-state index in [0.717, 1.165) is 31.1 Å². The first-order chi connectivity index (χ1) is 11.6. The van der Waals surface area contributed by atoms with Crippen LogP contribution in [0.3, 0.4) is 0 Å². The van der Waals surface area contributed by atoms with E-state index in [9.17, 15) is 0 Å². The van der Waals surface area contributed by atoms with Gasteiger partial charge < -0.3 is 20.1 Å². The summed E-state index contributed by atoms with van der Waals surface area (Å²) in [6.45, 7) is 12.3. The molecular weight excluding hydrogens is 298 g/mol. The van der Waals surface area contributed by atoms with Gasteiger partial charge in [0, 0.05) is 32.7 Å². The molecule has 1 saturated heterocycles. The highest BCUT2D eigenvalue weighted by Crippen LogP contribution is 2.26. The molecule has 0 spiro atoms. The standard InChI is InChI=1S/C19H31N5/c1-14(2)24-18-11-15(3)16(12-17(18)22-19(24)20-4)13-21-7-10-23-8-5-6-9-23/h11-12,14,21H,5-10,13H2,1-4H3,(H,20,22). The normalized spacial score (nSPS) is 15.7. The highest BCUT2D eigenvalue weighted by atomic mass is 15.2. The summed E-state index contributed by atoms with van der Waals surface area (Å²) in [6, 6.07) is 4.91. The molecule has 1 aromatic carbocycles. The molecule has 2 N–H and O–H groups in total. The quantitative estimate of drug-likeness (QED) is 0.766. The van der Waals surface area contributed by atoms with Gasteiger partial charge in [0.25, 0.3) is 0 Å². The van der Waals surface area contributed by atoms with Crippen molar-refractivity contribution in [1.29, 1.82) is 0 Å². The molecular formula is C19H31N5. The Labute approximate surface area is 145 Å². The molecule has 0 saturated carbocycles. The summed E-state index contributed by atoms with van der Waals surface area (Å²) in [5.41, 5.74) is 4.98. The third-order valence-electron chi connectivity index (χ3n) is 5.01. The van der Waals surface area contributed by atoms with Gasteiger partial charge in [0.15, 0.2) is 0 Å². The van der Waals surface area contributed by atoms with Gasteiger partial charge in [-0.2, -0.15) is 0 Å². The summed E-state index contributed by atoms with van der Waals surface area (Å²) in [4.78, 5) is 7.31. The van der Waals surface area contributed by atoms with Gasteiger partial charge in [-0.15, -0.1) is 0 Å². The van der Waals surface area contributed by atoms with Gasteiger partial charge in [-0.1, -0.05) is 0 Å². The summed E-state index contributed by atoms with van der Waals surface area (Å²) in [5.74, 6) is 0.943. The Hall–Kier alpha value is -1.59. The Balaban J connectivity index is 1.70. The first-order valence-electron chi connectivity index (χ1n) is 9.22. The maximum absolute atomic E-state index is 4.76. The number of rotatable bonds is 7. The molecule has 1 fully saturated rings. The summed E-state index contributed by atoms with van der Waals surface area (Å²) in [5, 5.41) is 6.82. The van der Waals surface area contributed by atoms with Gasteiger partial charge in [0.2, 0.25) is 5.95 Å². The Morgan fingerprint density at radius 2 is 1.96 bits per heavy atom. The fourth-order valence-electron chi connectivity index (χ4n) is 3.65. The summed E-state index contributed by atoms with van der Waals surface area (Å²) in [7, 11) is 1.94. The number of imidazole rings is 1. The van der Waals surface area contributed by atoms with Crippen LogP contribution < -0.4 is 10.6 Å². The van der Waals surface area contributed by atoms with Gasteiger partial charge in [0.1, 0.15) is 0 Å². The van der Waals surface area contributed by atoms with Crippen LogP contribution in [0.15, 0.2) is 12.1 Å². The number of fused-ring (bicyclic) bond motifs is 1. The first-order valence-corrected chi connectivity index (χ1v) is 9.22. The Bertz CT molecular complexity index is 683. The smallest absolute Gasteiger partial charge is 0.203 e. The van der Waals surface area contributed by atoms with Crippen molar-refractivity contribution < 1.29 is 0 Å². The van der Waals surface area contributed by atoms with Crippen LogP contribution in [0.4, 0.5) is 5.95 Å². The van der Waals surface area contributed by atoms with Gasteiger partial charge in [-0.25, -0.2) is 4.98 Å². The van der Waals surface area contributed by atoms with Crippen LogP contribution in [0.5, 0.6) is 0 Å². The average Bonchev–Trinajstić information content (AvgIpc) is 3.18. The molecule has 5 heteroatoms. The molecule has 1 aliphatic rings. The Morgan fingerprint density at radius 1 is 1.21 bits per heavy atom. The molecule has 5 nitrogen and oxygen atoms in total. The second-order valence-electron chi connectivity index (χ2n) is 7.14. The molecule has 0 bridgehead atoms. The predicted octanol–water partition coefficient (Wildman–Crippen LogP) is 3.15. The molecule has 0 amide bonds. The van der Waals surface area contributed by atoms with E-state index in [1.54, 1.807) is 0 Å². The minimum atomic E-state index is 0.390. The van der Waals surface area contributed by atoms with E-state index < -0.39 is 0 Å². The summed E-state index contributed by atoms with van der Waals surface area (Å²) in [6.07, 6.45) is 2.73. The number of anilines is 1. The maximum Gasteiger partial charge on any atom is 0.203 e. The SMILES string of the molecule is CNc1nc2cc(CNCCN3CCCC3)c(C)cc2n1C(C)C. The lowest BCUT2D eigenvalue weighted by Crippen LogP contribution is -2.29. The number of benzene rings is 1. The van der Waals surface area contributed by atoms with Gasteiger partial charge in [0.05, 0.1) is 11.0 Å². The molecule has 3 rings (SSSR count). The molecule has 132 valence electrons. The zero-order chi connectivity index (χ0) is 17.1. The van der Waals surface area contributed by atoms with Crippen LogP contribution in [0.25, 0.3) is 11.0 Å². The van der Waals surface area contributed by atoms with Crippen molar-refractivity contribution >= 4 is 17.0 Å². The summed E-state index contributed by atoms with van der Waals surface area (Å²) < 4.78 is 2.27. The van der Waals surface area contributed by atoms with E-state index in [2.05, 4.69) is 53.0 Å². The van der Waals surface area contributed by atoms with Crippen molar-refractivity contribution in [2.45, 2.75) is 46.2 Å². The van der Waals surface area contributed by atoms with E-state index in [-0.39, 0.29) is 0 Å². The number of likely N-dealkylation sites (tertiary alicyclic amines) is 1. The van der Waals surface area contributed by atoms with E-state index in [1.165, 1.54) is 42.6 Å². The van der Waals surface area contributed by atoms with E-state index in [1.807, 2.05) is 7.05 Å². The van der Waals surface area contributed by atoms with Crippen LogP contribution in [0, 0.1) is 6.92 Å². The van der Waals surface area contributed by atoms with Gasteiger partial charge in [-0.3, -0.25) is 0 Å². The lowest BCUT2D eigenvalue weighted by molar-refractivity contribution is 0.335. The van der Waals surface area contributed by atoms with Gasteiger partial charge in [-0.05, 0) is 70.0 Å². The topological polar surface area (TPSA) is 45.1 Å². The number of aromatic nitrogens is 2. The van der Waals surface area contributed by atoms with Crippen LogP contribution in [0.1, 0.15) is 43.9 Å². The molecule has 24 heavy (non-hydrogen) atoms. The van der Waals surface area contributed by atoms with Crippen molar-refractivity contribution in [3.63, 3.8) is 0 Å². The fraction of sp³-hybridized carbons (Fsp3) is 0.632. The number of hydrogen-bond acceptors (Lipinski definition) is 4. The van der Waals surface area contributed by atoms with Crippen LogP contribution >= 0.6 is 0 Å². The Morgan fingerprint density at radius 3 is 2.62 bits per heavy atom. The number of aryl methyl sites for hydroxylation is 1. The summed E-state index contributed by atoms with van der Waals surface area (Å²) >= 11 is 0. The van der Waals surface area contributed by atoms with Crippen LogP contribution in [-0.2, 0) is 6.54 Å². The monoisotopic (exact) mass is 329 g/mol. The lowest BCUT2D eigenvalue weighted by Gasteiger charge is -2.15. The third-order valence-corrected chi connectivity index (χ3v) is 5.01. The van der Waals surface area contributed by atoms with Crippen molar-refractivity contribution in [3.8, 4) is 0 Å². The van der Waals surface area contributed by atoms with E-state index >= 15 is 0 Å². The molecule has 0 radical (unpaired) electrons. The van der Waals surface area contributed by atoms with Gasteiger partial charge >= 0.3 is 0 Å². The van der Waals surface area contributed by atoms with Crippen LogP contribution in [-0.4, -0.2) is 47.7 Å². The molecule has 1 aromatic heterocycles. The third kappa shape index (κ3) is 3.57. The highest BCUT2D eigenvalue weighted by molar-refractivity contribution is 5.80. The van der Waals surface area contributed by atoms with E-state index in [0.29, 0.717) is 6.04 Å². The molecule has 0 unspecified atom stereocenters. The molecule has 2 heterocycles. The zero-order valence-corrected chi connectivity index (χ0v) is 15.5. The minimum Gasteiger partial charge on any atom is -0.359 e. The van der Waals surface area contributed by atoms with Crippen molar-refractivity contribution in [3.05, 3.63) is 23.3 Å².